The first-order chi connectivity index (χ1) is 14.0. The van der Waals surface area contributed by atoms with Crippen LogP contribution in [0.3, 0.4) is 0 Å². The molecule has 1 fully saturated rings. The van der Waals surface area contributed by atoms with Gasteiger partial charge in [-0.2, -0.15) is 0 Å². The third-order valence-electron chi connectivity index (χ3n) is 4.95. The fraction of sp³-hybridized carbons (Fsp3) is 0.286. The molecule has 1 atom stereocenters. The van der Waals surface area contributed by atoms with Gasteiger partial charge in [-0.1, -0.05) is 0 Å². The Morgan fingerprint density at radius 1 is 1.21 bits per heavy atom. The Morgan fingerprint density at radius 3 is 2.79 bits per heavy atom. The lowest BCUT2D eigenvalue weighted by molar-refractivity contribution is -0.122. The van der Waals surface area contributed by atoms with Crippen molar-refractivity contribution >= 4 is 44.7 Å². The Morgan fingerprint density at radius 2 is 2.03 bits per heavy atom. The van der Waals surface area contributed by atoms with E-state index in [9.17, 15) is 9.59 Å². The molecule has 1 saturated heterocycles. The number of amides is 2. The van der Waals surface area contributed by atoms with Gasteiger partial charge in [-0.05, 0) is 37.3 Å². The summed E-state index contributed by atoms with van der Waals surface area (Å²) in [6.45, 7) is 2.29. The second kappa shape index (κ2) is 7.71. The third kappa shape index (κ3) is 3.75. The Bertz CT molecular complexity index is 1090. The number of carbonyl (C=O) groups excluding carboxylic acids is 2. The molecule has 1 aromatic heterocycles. The minimum absolute atomic E-state index is 0.0712. The average molecular weight is 411 g/mol. The molecule has 0 aliphatic carbocycles. The summed E-state index contributed by atoms with van der Waals surface area (Å²) in [5.41, 5.74) is 2.18. The molecule has 7 nitrogen and oxygen atoms in total. The number of benzene rings is 2. The molecule has 0 spiro atoms. The molecule has 1 unspecified atom stereocenters. The molecule has 2 amide bonds. The number of aromatic nitrogens is 1. The Hall–Kier alpha value is -3.13. The second-order valence-corrected chi connectivity index (χ2v) is 8.08. The van der Waals surface area contributed by atoms with Crippen LogP contribution in [0, 0.1) is 12.8 Å². The predicted octanol–water partition coefficient (Wildman–Crippen LogP) is 3.61. The normalized spacial score (nSPS) is 16.3. The van der Waals surface area contributed by atoms with E-state index in [1.165, 1.54) is 7.11 Å². The van der Waals surface area contributed by atoms with Crippen molar-refractivity contribution < 1.29 is 19.1 Å². The number of thiazole rings is 1. The zero-order chi connectivity index (χ0) is 20.5. The number of anilines is 2. The summed E-state index contributed by atoms with van der Waals surface area (Å²) in [5, 5.41) is 3.85. The summed E-state index contributed by atoms with van der Waals surface area (Å²) in [6, 6.07) is 11.0. The maximum absolute atomic E-state index is 12.8. The van der Waals surface area contributed by atoms with Crippen molar-refractivity contribution in [2.45, 2.75) is 13.3 Å². The third-order valence-corrected chi connectivity index (χ3v) is 5.90. The van der Waals surface area contributed by atoms with Crippen molar-refractivity contribution in [3.8, 4) is 11.5 Å². The van der Waals surface area contributed by atoms with Crippen LogP contribution in [0.4, 0.5) is 11.4 Å². The van der Waals surface area contributed by atoms with Gasteiger partial charge < -0.3 is 19.7 Å². The maximum atomic E-state index is 12.8. The number of hydrogen-bond donors (Lipinski definition) is 1. The highest BCUT2D eigenvalue weighted by molar-refractivity contribution is 7.18. The van der Waals surface area contributed by atoms with E-state index in [0.717, 1.165) is 20.9 Å². The number of carbonyl (C=O) groups is 2. The van der Waals surface area contributed by atoms with E-state index in [0.29, 0.717) is 23.7 Å². The highest BCUT2D eigenvalue weighted by Gasteiger charge is 2.35. The number of nitrogens with one attached hydrogen (secondary N) is 1. The van der Waals surface area contributed by atoms with Gasteiger partial charge in [-0.15, -0.1) is 11.3 Å². The molecule has 2 heterocycles. The fourth-order valence-corrected chi connectivity index (χ4v) is 4.28. The summed E-state index contributed by atoms with van der Waals surface area (Å²) in [7, 11) is 3.09. The Labute approximate surface area is 172 Å². The highest BCUT2D eigenvalue weighted by atomic mass is 32.1. The minimum Gasteiger partial charge on any atom is -0.497 e. The number of methoxy groups -OCH3 is 2. The number of aryl methyl sites for hydroxylation is 1. The van der Waals surface area contributed by atoms with Gasteiger partial charge in [0.15, 0.2) is 0 Å². The number of hydrogen-bond acceptors (Lipinski definition) is 6. The van der Waals surface area contributed by atoms with Crippen molar-refractivity contribution in [2.75, 3.05) is 31.0 Å². The van der Waals surface area contributed by atoms with Crippen LogP contribution < -0.4 is 19.7 Å². The molecule has 1 aliphatic heterocycles. The van der Waals surface area contributed by atoms with Crippen molar-refractivity contribution in [1.82, 2.24) is 4.98 Å². The van der Waals surface area contributed by atoms with Gasteiger partial charge >= 0.3 is 0 Å². The monoisotopic (exact) mass is 411 g/mol. The lowest BCUT2D eigenvalue weighted by atomic mass is 10.1. The van der Waals surface area contributed by atoms with E-state index in [-0.39, 0.29) is 18.2 Å². The van der Waals surface area contributed by atoms with E-state index in [4.69, 9.17) is 9.47 Å². The van der Waals surface area contributed by atoms with Gasteiger partial charge in [0.1, 0.15) is 11.5 Å². The average Bonchev–Trinajstić information content (AvgIpc) is 3.29. The van der Waals surface area contributed by atoms with Crippen LogP contribution in [-0.4, -0.2) is 37.6 Å². The van der Waals surface area contributed by atoms with Gasteiger partial charge in [0.2, 0.25) is 11.8 Å². The number of nitrogens with zero attached hydrogens (tertiary/aromatic N) is 2. The zero-order valence-corrected chi connectivity index (χ0v) is 17.2. The highest BCUT2D eigenvalue weighted by Crippen LogP contribution is 2.32. The molecule has 0 bridgehead atoms. The lowest BCUT2D eigenvalue weighted by Crippen LogP contribution is -2.28. The largest absolute Gasteiger partial charge is 0.497 e. The van der Waals surface area contributed by atoms with Crippen LogP contribution in [-0.2, 0) is 9.59 Å². The fourth-order valence-electron chi connectivity index (χ4n) is 3.47. The Kier molecular flexibility index (Phi) is 5.10. The first kappa shape index (κ1) is 19.2. The number of ether oxygens (including phenoxy) is 2. The van der Waals surface area contributed by atoms with Crippen LogP contribution in [0.15, 0.2) is 36.4 Å². The molecule has 0 radical (unpaired) electrons. The minimum atomic E-state index is -0.442. The summed E-state index contributed by atoms with van der Waals surface area (Å²) in [5.74, 6) is 0.410. The van der Waals surface area contributed by atoms with E-state index >= 15 is 0 Å². The van der Waals surface area contributed by atoms with Crippen molar-refractivity contribution in [2.24, 2.45) is 5.92 Å². The van der Waals surface area contributed by atoms with Gasteiger partial charge in [0.05, 0.1) is 41.0 Å². The molecule has 1 N–H and O–H groups in total. The van der Waals surface area contributed by atoms with Gasteiger partial charge in [0.25, 0.3) is 0 Å². The van der Waals surface area contributed by atoms with Crippen LogP contribution in [0.25, 0.3) is 10.2 Å². The smallest absolute Gasteiger partial charge is 0.229 e. The van der Waals surface area contributed by atoms with Crippen molar-refractivity contribution in [3.63, 3.8) is 0 Å². The summed E-state index contributed by atoms with van der Waals surface area (Å²) in [4.78, 5) is 31.5. The SMILES string of the molecule is COc1ccc(NC(=O)C2CC(=O)N(c3ccc4sc(C)nc4c3)C2)c(OC)c1. The second-order valence-electron chi connectivity index (χ2n) is 6.85. The first-order valence-corrected chi connectivity index (χ1v) is 10.0. The van der Waals surface area contributed by atoms with Gasteiger partial charge in [-0.25, -0.2) is 4.98 Å². The van der Waals surface area contributed by atoms with Crippen molar-refractivity contribution in [3.05, 3.63) is 41.4 Å². The topological polar surface area (TPSA) is 80.8 Å². The van der Waals surface area contributed by atoms with Crippen molar-refractivity contribution in [1.29, 1.82) is 0 Å². The van der Waals surface area contributed by atoms with Crippen LogP contribution >= 0.6 is 11.3 Å². The summed E-state index contributed by atoms with van der Waals surface area (Å²) in [6.07, 6.45) is 0.165. The molecule has 0 saturated carbocycles. The molecule has 1 aliphatic rings. The van der Waals surface area contributed by atoms with Crippen LogP contribution in [0.5, 0.6) is 11.5 Å². The molecular formula is C21H21N3O4S. The lowest BCUT2D eigenvalue weighted by Gasteiger charge is -2.17. The molecule has 4 rings (SSSR count). The number of fused-ring (bicyclic) bond motifs is 1. The summed E-state index contributed by atoms with van der Waals surface area (Å²) >= 11 is 1.62. The molecule has 8 heteroatoms. The standard InChI is InChI=1S/C21H21N3O4S/c1-12-22-17-9-14(4-7-19(17)29-12)24-11-13(8-20(24)25)21(26)23-16-6-5-15(27-2)10-18(16)28-3/h4-7,9-10,13H,8,11H2,1-3H3,(H,23,26). The Balaban J connectivity index is 1.50. The van der Waals surface area contributed by atoms with Crippen LogP contribution in [0.1, 0.15) is 11.4 Å². The molecule has 150 valence electrons. The number of rotatable bonds is 5. The maximum Gasteiger partial charge on any atom is 0.229 e. The van der Waals surface area contributed by atoms with E-state index in [1.807, 2.05) is 25.1 Å². The van der Waals surface area contributed by atoms with Gasteiger partial charge in [0, 0.05) is 24.7 Å². The quantitative estimate of drug-likeness (QED) is 0.694. The molecule has 29 heavy (non-hydrogen) atoms. The van der Waals surface area contributed by atoms with E-state index in [1.54, 1.807) is 41.5 Å². The van der Waals surface area contributed by atoms with E-state index < -0.39 is 5.92 Å². The first-order valence-electron chi connectivity index (χ1n) is 9.19. The van der Waals surface area contributed by atoms with Crippen LogP contribution in [0.2, 0.25) is 0 Å². The predicted molar refractivity (Wildman–Crippen MR) is 113 cm³/mol. The zero-order valence-electron chi connectivity index (χ0n) is 16.4. The van der Waals surface area contributed by atoms with E-state index in [2.05, 4.69) is 10.3 Å². The summed E-state index contributed by atoms with van der Waals surface area (Å²) < 4.78 is 11.6. The molecular weight excluding hydrogens is 390 g/mol. The van der Waals surface area contributed by atoms with Gasteiger partial charge in [-0.3, -0.25) is 9.59 Å². The molecule has 2 aromatic carbocycles. The molecule has 3 aromatic rings.